The number of hydrogen-bond acceptors (Lipinski definition) is 4. The van der Waals surface area contributed by atoms with Crippen LogP contribution < -0.4 is 11.1 Å². The van der Waals surface area contributed by atoms with Crippen molar-refractivity contribution >= 4 is 15.5 Å². The lowest BCUT2D eigenvalue weighted by molar-refractivity contribution is 0.413. The van der Waals surface area contributed by atoms with Crippen LogP contribution in [0.3, 0.4) is 0 Å². The van der Waals surface area contributed by atoms with E-state index in [0.29, 0.717) is 35.5 Å². The van der Waals surface area contributed by atoms with Crippen LogP contribution in [-0.4, -0.2) is 27.3 Å². The summed E-state index contributed by atoms with van der Waals surface area (Å²) in [6.45, 7) is 7.17. The van der Waals surface area contributed by atoms with E-state index in [9.17, 15) is 8.42 Å². The van der Waals surface area contributed by atoms with Crippen molar-refractivity contribution < 1.29 is 8.42 Å². The predicted octanol–water partition coefficient (Wildman–Crippen LogP) is 2.12. The molecule has 4 nitrogen and oxygen atoms in total. The zero-order chi connectivity index (χ0) is 14.5. The van der Waals surface area contributed by atoms with Crippen molar-refractivity contribution in [1.82, 2.24) is 0 Å². The van der Waals surface area contributed by atoms with Crippen LogP contribution in [0.25, 0.3) is 0 Å². The maximum absolute atomic E-state index is 12.0. The van der Waals surface area contributed by atoms with Crippen LogP contribution >= 0.6 is 0 Å². The van der Waals surface area contributed by atoms with E-state index in [0.717, 1.165) is 0 Å². The first-order valence-corrected chi connectivity index (χ1v) is 8.33. The molecule has 1 unspecified atom stereocenters. The number of hydrogen-bond donors (Lipinski definition) is 2. The molecule has 0 saturated carbocycles. The average molecular weight is 284 g/mol. The highest BCUT2D eigenvalue weighted by Crippen LogP contribution is 2.22. The molecule has 0 aliphatic rings. The Bertz CT molecular complexity index is 498. The minimum Gasteiger partial charge on any atom is -0.384 e. The maximum atomic E-state index is 12.0. The van der Waals surface area contributed by atoms with E-state index in [4.69, 9.17) is 5.73 Å². The summed E-state index contributed by atoms with van der Waals surface area (Å²) in [6.07, 6.45) is 0. The van der Waals surface area contributed by atoms with Gasteiger partial charge in [0.1, 0.15) is 0 Å². The van der Waals surface area contributed by atoms with Gasteiger partial charge < -0.3 is 11.1 Å². The monoisotopic (exact) mass is 284 g/mol. The number of nitrogens with one attached hydrogen (secondary N) is 1. The molecule has 0 radical (unpaired) electrons. The van der Waals surface area contributed by atoms with Crippen LogP contribution in [-0.2, 0) is 9.84 Å². The quantitative estimate of drug-likeness (QED) is 0.804. The largest absolute Gasteiger partial charge is 0.384 e. The Balaban J connectivity index is 2.91. The van der Waals surface area contributed by atoms with Gasteiger partial charge in [-0.1, -0.05) is 32.9 Å². The number of rotatable bonds is 7. The standard InChI is InChI=1S/C14H24N2O2S/c1-4-19(17,18)14-8-6-5-7-13(14)16-10-12(9-15)11(2)3/h5-8,11-12,16H,4,9-10,15H2,1-3H3. The van der Waals surface area contributed by atoms with Crippen LogP contribution in [0.1, 0.15) is 20.8 Å². The van der Waals surface area contributed by atoms with Crippen molar-refractivity contribution in [2.24, 2.45) is 17.6 Å². The number of nitrogens with two attached hydrogens (primary N) is 1. The molecular formula is C14H24N2O2S. The summed E-state index contributed by atoms with van der Waals surface area (Å²) < 4.78 is 24.0. The van der Waals surface area contributed by atoms with Gasteiger partial charge in [-0.25, -0.2) is 8.42 Å². The van der Waals surface area contributed by atoms with Crippen molar-refractivity contribution in [3.63, 3.8) is 0 Å². The van der Waals surface area contributed by atoms with Crippen LogP contribution in [0.2, 0.25) is 0 Å². The molecular weight excluding hydrogens is 260 g/mol. The van der Waals surface area contributed by atoms with E-state index >= 15 is 0 Å². The van der Waals surface area contributed by atoms with Crippen molar-refractivity contribution in [2.75, 3.05) is 24.2 Å². The van der Waals surface area contributed by atoms with Gasteiger partial charge in [-0.3, -0.25) is 0 Å². The first-order valence-electron chi connectivity index (χ1n) is 6.68. The second-order valence-corrected chi connectivity index (χ2v) is 7.27. The normalized spacial score (nSPS) is 13.5. The Labute approximate surface area is 116 Å². The molecule has 19 heavy (non-hydrogen) atoms. The van der Waals surface area contributed by atoms with Crippen LogP contribution in [0.15, 0.2) is 29.2 Å². The van der Waals surface area contributed by atoms with Gasteiger partial charge in [0.05, 0.1) is 16.3 Å². The molecule has 3 N–H and O–H groups in total. The minimum absolute atomic E-state index is 0.107. The average Bonchev–Trinajstić information content (AvgIpc) is 2.39. The van der Waals surface area contributed by atoms with Gasteiger partial charge in [-0.2, -0.15) is 0 Å². The number of benzene rings is 1. The van der Waals surface area contributed by atoms with Gasteiger partial charge in [0, 0.05) is 6.54 Å². The summed E-state index contributed by atoms with van der Waals surface area (Å²) >= 11 is 0. The molecule has 1 aromatic carbocycles. The number of anilines is 1. The van der Waals surface area contributed by atoms with E-state index < -0.39 is 9.84 Å². The summed E-state index contributed by atoms with van der Waals surface area (Å²) in [4.78, 5) is 0.372. The fraction of sp³-hybridized carbons (Fsp3) is 0.571. The Kier molecular flexibility index (Phi) is 5.82. The lowest BCUT2D eigenvalue weighted by Gasteiger charge is -2.21. The third-order valence-electron chi connectivity index (χ3n) is 3.40. The summed E-state index contributed by atoms with van der Waals surface area (Å²) in [6, 6.07) is 7.03. The van der Waals surface area contributed by atoms with Crippen molar-refractivity contribution in [1.29, 1.82) is 0 Å². The molecule has 0 aliphatic carbocycles. The second-order valence-electron chi connectivity index (χ2n) is 5.02. The highest BCUT2D eigenvalue weighted by atomic mass is 32.2. The molecule has 1 aromatic rings. The molecule has 0 heterocycles. The van der Waals surface area contributed by atoms with Crippen molar-refractivity contribution in [3.8, 4) is 0 Å². The molecule has 1 rings (SSSR count). The lowest BCUT2D eigenvalue weighted by Crippen LogP contribution is -2.27. The van der Waals surface area contributed by atoms with Gasteiger partial charge in [0.2, 0.25) is 0 Å². The molecule has 0 saturated heterocycles. The molecule has 5 heteroatoms. The third-order valence-corrected chi connectivity index (χ3v) is 5.19. The number of sulfone groups is 1. The molecule has 0 aromatic heterocycles. The van der Waals surface area contributed by atoms with E-state index in [2.05, 4.69) is 19.2 Å². The molecule has 108 valence electrons. The van der Waals surface area contributed by atoms with Crippen LogP contribution in [0, 0.1) is 11.8 Å². The summed E-state index contributed by atoms with van der Waals surface area (Å²) in [7, 11) is -3.20. The highest BCUT2D eigenvalue weighted by molar-refractivity contribution is 7.91. The zero-order valence-electron chi connectivity index (χ0n) is 11.9. The van der Waals surface area contributed by atoms with Gasteiger partial charge in [0.15, 0.2) is 9.84 Å². The van der Waals surface area contributed by atoms with Gasteiger partial charge in [0.25, 0.3) is 0 Å². The molecule has 0 aliphatic heterocycles. The first kappa shape index (κ1) is 16.0. The zero-order valence-corrected chi connectivity index (χ0v) is 12.7. The highest BCUT2D eigenvalue weighted by Gasteiger charge is 2.17. The molecule has 0 spiro atoms. The van der Waals surface area contributed by atoms with Crippen molar-refractivity contribution in [2.45, 2.75) is 25.7 Å². The van der Waals surface area contributed by atoms with Crippen LogP contribution in [0.4, 0.5) is 5.69 Å². The van der Waals surface area contributed by atoms with Gasteiger partial charge in [-0.05, 0) is 30.5 Å². The lowest BCUT2D eigenvalue weighted by atomic mass is 9.96. The predicted molar refractivity (Wildman–Crippen MR) is 80.0 cm³/mol. The summed E-state index contributed by atoms with van der Waals surface area (Å²) in [5, 5.41) is 3.23. The SMILES string of the molecule is CCS(=O)(=O)c1ccccc1NCC(CN)C(C)C. The fourth-order valence-electron chi connectivity index (χ4n) is 1.87. The van der Waals surface area contributed by atoms with E-state index in [-0.39, 0.29) is 5.75 Å². The summed E-state index contributed by atoms with van der Waals surface area (Å²) in [5.74, 6) is 0.903. The molecule has 0 amide bonds. The Morgan fingerprint density at radius 1 is 1.26 bits per heavy atom. The minimum atomic E-state index is -3.20. The summed E-state index contributed by atoms with van der Waals surface area (Å²) in [5.41, 5.74) is 6.40. The fourth-order valence-corrected chi connectivity index (χ4v) is 2.94. The Morgan fingerprint density at radius 3 is 2.42 bits per heavy atom. The Hall–Kier alpha value is -1.07. The van der Waals surface area contributed by atoms with Gasteiger partial charge >= 0.3 is 0 Å². The van der Waals surface area contributed by atoms with Gasteiger partial charge in [-0.15, -0.1) is 0 Å². The van der Waals surface area contributed by atoms with Crippen LogP contribution in [0.5, 0.6) is 0 Å². The topological polar surface area (TPSA) is 72.2 Å². The van der Waals surface area contributed by atoms with E-state index in [1.807, 2.05) is 6.07 Å². The third kappa shape index (κ3) is 4.21. The molecule has 0 bridgehead atoms. The van der Waals surface area contributed by atoms with E-state index in [1.54, 1.807) is 25.1 Å². The molecule has 1 atom stereocenters. The first-order chi connectivity index (χ1) is 8.92. The smallest absolute Gasteiger partial charge is 0.180 e. The van der Waals surface area contributed by atoms with E-state index in [1.165, 1.54) is 0 Å². The van der Waals surface area contributed by atoms with Crippen molar-refractivity contribution in [3.05, 3.63) is 24.3 Å². The number of para-hydroxylation sites is 1. The molecule has 0 fully saturated rings. The Morgan fingerprint density at radius 2 is 1.89 bits per heavy atom. The maximum Gasteiger partial charge on any atom is 0.180 e. The second kappa shape index (κ2) is 6.91.